The van der Waals surface area contributed by atoms with Crippen LogP contribution in [0.2, 0.25) is 0 Å². The van der Waals surface area contributed by atoms with Crippen LogP contribution in [-0.4, -0.2) is 20.4 Å². The Morgan fingerprint density at radius 1 is 0.556 bits per heavy atom. The molecule has 0 amide bonds. The van der Waals surface area contributed by atoms with Crippen molar-refractivity contribution in [2.45, 2.75) is 39.0 Å². The summed E-state index contributed by atoms with van der Waals surface area (Å²) in [5, 5.41) is 7.72. The molecule has 0 unspecified atom stereocenters. The zero-order valence-corrected chi connectivity index (χ0v) is 19.1. The number of hydrogen-bond acceptors (Lipinski definition) is 2. The molecule has 0 aliphatic carbocycles. The molecular formula is C24H22F6N4O2. The first-order chi connectivity index (χ1) is 16.8. The Labute approximate surface area is 200 Å². The van der Waals surface area contributed by atoms with Crippen molar-refractivity contribution in [1.29, 1.82) is 0 Å². The molecule has 2 aromatic carbocycles. The van der Waals surface area contributed by atoms with Gasteiger partial charge < -0.3 is 0 Å². The van der Waals surface area contributed by atoms with Crippen molar-refractivity contribution in [3.05, 3.63) is 114 Å². The van der Waals surface area contributed by atoms with Gasteiger partial charge in [0.2, 0.25) is 0 Å². The number of aromatic nitrogens is 4. The average molecular weight is 512 g/mol. The zero-order chi connectivity index (χ0) is 26.7. The quantitative estimate of drug-likeness (QED) is 0.281. The van der Waals surface area contributed by atoms with E-state index in [9.17, 15) is 35.9 Å². The van der Waals surface area contributed by atoms with Gasteiger partial charge in [0.25, 0.3) is 11.1 Å². The van der Waals surface area contributed by atoms with E-state index < -0.39 is 34.9 Å². The third-order valence-corrected chi connectivity index (χ3v) is 5.32. The van der Waals surface area contributed by atoms with Gasteiger partial charge in [0, 0.05) is 12.8 Å². The maximum Gasteiger partial charge on any atom is 0.433 e. The van der Waals surface area contributed by atoms with Crippen molar-refractivity contribution in [1.82, 2.24) is 20.4 Å². The molecule has 0 bridgehead atoms. The molecule has 0 aliphatic rings. The van der Waals surface area contributed by atoms with Crippen LogP contribution >= 0.6 is 0 Å². The Morgan fingerprint density at radius 3 is 1.14 bits per heavy atom. The fourth-order valence-corrected chi connectivity index (χ4v) is 3.41. The number of aryl methyl sites for hydroxylation is 2. The monoisotopic (exact) mass is 512 g/mol. The van der Waals surface area contributed by atoms with Crippen molar-refractivity contribution in [2.75, 3.05) is 0 Å². The lowest BCUT2D eigenvalue weighted by Gasteiger charge is -2.06. The van der Waals surface area contributed by atoms with Gasteiger partial charge >= 0.3 is 12.4 Å². The number of alkyl halides is 6. The summed E-state index contributed by atoms with van der Waals surface area (Å²) in [5.74, 6) is 0. The first kappa shape index (κ1) is 26.6. The van der Waals surface area contributed by atoms with E-state index in [0.29, 0.717) is 11.1 Å². The summed E-state index contributed by atoms with van der Waals surface area (Å²) >= 11 is 0. The largest absolute Gasteiger partial charge is 0.433 e. The SMILES string of the molecule is Cc1ccc(Cc2c(C(F)(F)F)[nH][nH]c2=O)cc1.Cc1ccc(Cc2c(C(F)(F)F)[nH][nH]c2=O)cc1. The highest BCUT2D eigenvalue weighted by Gasteiger charge is 2.37. The average Bonchev–Trinajstić information content (AvgIpc) is 3.34. The highest BCUT2D eigenvalue weighted by Crippen LogP contribution is 2.30. The highest BCUT2D eigenvalue weighted by atomic mass is 19.4. The Morgan fingerprint density at radius 2 is 0.861 bits per heavy atom. The van der Waals surface area contributed by atoms with Crippen LogP contribution in [0.25, 0.3) is 0 Å². The smallest absolute Gasteiger partial charge is 0.293 e. The predicted octanol–water partition coefficient (Wildman–Crippen LogP) is 5.24. The van der Waals surface area contributed by atoms with Crippen molar-refractivity contribution in [2.24, 2.45) is 0 Å². The minimum atomic E-state index is -4.56. The van der Waals surface area contributed by atoms with Crippen LogP contribution in [0.3, 0.4) is 0 Å². The minimum Gasteiger partial charge on any atom is -0.293 e. The van der Waals surface area contributed by atoms with Crippen LogP contribution in [0.15, 0.2) is 58.1 Å². The summed E-state index contributed by atoms with van der Waals surface area (Å²) in [6.07, 6.45) is -9.21. The van der Waals surface area contributed by atoms with Gasteiger partial charge in [-0.1, -0.05) is 59.7 Å². The van der Waals surface area contributed by atoms with Crippen molar-refractivity contribution in [3.63, 3.8) is 0 Å². The summed E-state index contributed by atoms with van der Waals surface area (Å²) in [6, 6.07) is 14.0. The Hall–Kier alpha value is -3.96. The van der Waals surface area contributed by atoms with Gasteiger partial charge in [0.15, 0.2) is 0 Å². The molecule has 2 aromatic heterocycles. The molecule has 0 aliphatic heterocycles. The standard InChI is InChI=1S/2C12H11F3N2O/c2*1-7-2-4-8(5-3-7)6-9-10(12(13,14)15)16-17-11(9)18/h2*2-5H,6H2,1H3,(H2,16,17,18). The molecule has 2 heterocycles. The third kappa shape index (κ3) is 6.58. The van der Waals surface area contributed by atoms with Crippen LogP contribution in [0.5, 0.6) is 0 Å². The zero-order valence-electron chi connectivity index (χ0n) is 19.1. The molecule has 192 valence electrons. The van der Waals surface area contributed by atoms with Crippen molar-refractivity contribution in [3.8, 4) is 0 Å². The minimum absolute atomic E-state index is 0.0477. The van der Waals surface area contributed by atoms with E-state index in [-0.39, 0.29) is 24.0 Å². The summed E-state index contributed by atoms with van der Waals surface area (Å²) in [7, 11) is 0. The van der Waals surface area contributed by atoms with E-state index in [2.05, 4.69) is 0 Å². The summed E-state index contributed by atoms with van der Waals surface area (Å²) < 4.78 is 75.8. The predicted molar refractivity (Wildman–Crippen MR) is 121 cm³/mol. The van der Waals surface area contributed by atoms with E-state index >= 15 is 0 Å². The van der Waals surface area contributed by atoms with Crippen LogP contribution in [0.4, 0.5) is 26.3 Å². The molecule has 0 fully saturated rings. The van der Waals surface area contributed by atoms with Gasteiger partial charge in [-0.25, -0.2) is 0 Å². The molecular weight excluding hydrogens is 490 g/mol. The Balaban J connectivity index is 0.000000201. The fraction of sp³-hybridized carbons (Fsp3) is 0.250. The highest BCUT2D eigenvalue weighted by molar-refractivity contribution is 5.31. The molecule has 0 radical (unpaired) electrons. The molecule has 12 heteroatoms. The number of aromatic amines is 4. The second kappa shape index (κ2) is 10.3. The fourth-order valence-electron chi connectivity index (χ4n) is 3.41. The molecule has 4 N–H and O–H groups in total. The molecule has 0 saturated carbocycles. The van der Waals surface area contributed by atoms with E-state index in [0.717, 1.165) is 11.1 Å². The van der Waals surface area contributed by atoms with Crippen LogP contribution in [-0.2, 0) is 25.2 Å². The van der Waals surface area contributed by atoms with Gasteiger partial charge in [0.1, 0.15) is 11.4 Å². The van der Waals surface area contributed by atoms with Crippen molar-refractivity contribution >= 4 is 0 Å². The second-order valence-electron chi connectivity index (χ2n) is 8.19. The van der Waals surface area contributed by atoms with Gasteiger partial charge in [-0.2, -0.15) is 26.3 Å². The van der Waals surface area contributed by atoms with Crippen LogP contribution in [0.1, 0.15) is 44.8 Å². The summed E-state index contributed by atoms with van der Waals surface area (Å²) in [6.45, 7) is 3.77. The maximum absolute atomic E-state index is 12.6. The van der Waals surface area contributed by atoms with Gasteiger partial charge in [-0.05, 0) is 25.0 Å². The van der Waals surface area contributed by atoms with E-state index in [1.807, 2.05) is 34.2 Å². The number of nitrogens with one attached hydrogen (secondary N) is 4. The first-order valence-electron chi connectivity index (χ1n) is 10.6. The van der Waals surface area contributed by atoms with Gasteiger partial charge in [-0.15, -0.1) is 0 Å². The normalized spacial score (nSPS) is 11.8. The van der Waals surface area contributed by atoms with Crippen LogP contribution < -0.4 is 11.1 Å². The molecule has 6 nitrogen and oxygen atoms in total. The number of benzene rings is 2. The van der Waals surface area contributed by atoms with Gasteiger partial charge in [-0.3, -0.25) is 30.0 Å². The molecule has 4 aromatic rings. The van der Waals surface area contributed by atoms with E-state index in [4.69, 9.17) is 0 Å². The Bertz CT molecular complexity index is 1300. The summed E-state index contributed by atoms with van der Waals surface area (Å²) in [4.78, 5) is 22.7. The van der Waals surface area contributed by atoms with Crippen LogP contribution in [0, 0.1) is 13.8 Å². The molecule has 0 saturated heterocycles. The Kier molecular flexibility index (Phi) is 7.65. The van der Waals surface area contributed by atoms with Crippen molar-refractivity contribution < 1.29 is 26.3 Å². The lowest BCUT2D eigenvalue weighted by Crippen LogP contribution is -2.13. The lowest BCUT2D eigenvalue weighted by molar-refractivity contribution is -0.142. The molecule has 4 rings (SSSR count). The van der Waals surface area contributed by atoms with E-state index in [1.54, 1.807) is 48.5 Å². The molecule has 0 spiro atoms. The number of hydrogen-bond donors (Lipinski definition) is 4. The van der Waals surface area contributed by atoms with E-state index in [1.165, 1.54) is 0 Å². The summed E-state index contributed by atoms with van der Waals surface area (Å²) in [5.41, 5.74) is -0.701. The first-order valence-corrected chi connectivity index (χ1v) is 10.6. The number of rotatable bonds is 4. The molecule has 36 heavy (non-hydrogen) atoms. The topological polar surface area (TPSA) is 97.3 Å². The number of halogens is 6. The lowest BCUT2D eigenvalue weighted by atomic mass is 10.0. The van der Waals surface area contributed by atoms with Gasteiger partial charge in [0.05, 0.1) is 11.1 Å². The maximum atomic E-state index is 12.6. The number of H-pyrrole nitrogens is 4. The second-order valence-corrected chi connectivity index (χ2v) is 8.19. The molecule has 0 atom stereocenters. The third-order valence-electron chi connectivity index (χ3n) is 5.32.